The molecular formula is C13H17N3O3. The van der Waals surface area contributed by atoms with Crippen LogP contribution >= 0.6 is 0 Å². The molecule has 1 unspecified atom stereocenters. The van der Waals surface area contributed by atoms with Crippen LogP contribution in [0.4, 0.5) is 11.4 Å². The van der Waals surface area contributed by atoms with E-state index in [0.717, 1.165) is 19.4 Å². The van der Waals surface area contributed by atoms with Crippen LogP contribution in [-0.2, 0) is 4.79 Å². The van der Waals surface area contributed by atoms with Gasteiger partial charge in [0, 0.05) is 6.07 Å². The van der Waals surface area contributed by atoms with Gasteiger partial charge >= 0.3 is 0 Å². The first-order valence-corrected chi connectivity index (χ1v) is 6.24. The summed E-state index contributed by atoms with van der Waals surface area (Å²) in [5, 5.41) is 16.8. The van der Waals surface area contributed by atoms with Crippen LogP contribution in [0, 0.1) is 17.0 Å². The minimum atomic E-state index is -0.586. The minimum absolute atomic E-state index is 0.0161. The first kappa shape index (κ1) is 13.5. The summed E-state index contributed by atoms with van der Waals surface area (Å²) in [6, 6.07) is 4.68. The summed E-state index contributed by atoms with van der Waals surface area (Å²) >= 11 is 0. The number of hydrogen-bond donors (Lipinski definition) is 2. The highest BCUT2D eigenvalue weighted by atomic mass is 16.6. The van der Waals surface area contributed by atoms with E-state index in [1.165, 1.54) is 6.07 Å². The van der Waals surface area contributed by atoms with Gasteiger partial charge in [0.25, 0.3) is 5.69 Å². The van der Waals surface area contributed by atoms with Crippen molar-refractivity contribution in [3.05, 3.63) is 33.9 Å². The molecule has 2 rings (SSSR count). The van der Waals surface area contributed by atoms with E-state index in [1.54, 1.807) is 19.1 Å². The Morgan fingerprint density at radius 2 is 2.26 bits per heavy atom. The lowest BCUT2D eigenvalue weighted by molar-refractivity contribution is -0.385. The second-order valence-electron chi connectivity index (χ2n) is 5.02. The average Bonchev–Trinajstić information content (AvgIpc) is 2.80. The van der Waals surface area contributed by atoms with Gasteiger partial charge in [-0.1, -0.05) is 6.07 Å². The number of hydrogen-bond acceptors (Lipinski definition) is 4. The Labute approximate surface area is 111 Å². The summed E-state index contributed by atoms with van der Waals surface area (Å²) in [6.45, 7) is 4.30. The van der Waals surface area contributed by atoms with Gasteiger partial charge in [-0.25, -0.2) is 0 Å². The lowest BCUT2D eigenvalue weighted by Crippen LogP contribution is -2.48. The molecule has 0 saturated carbocycles. The highest BCUT2D eigenvalue weighted by Crippen LogP contribution is 2.27. The molecular weight excluding hydrogens is 246 g/mol. The van der Waals surface area contributed by atoms with Crippen molar-refractivity contribution in [3.8, 4) is 0 Å². The predicted octanol–water partition coefficient (Wildman–Crippen LogP) is 1.98. The smallest absolute Gasteiger partial charge is 0.274 e. The lowest BCUT2D eigenvalue weighted by atomic mass is 9.99. The molecule has 0 spiro atoms. The first-order valence-electron chi connectivity index (χ1n) is 6.24. The van der Waals surface area contributed by atoms with Crippen molar-refractivity contribution in [2.24, 2.45) is 0 Å². The maximum absolute atomic E-state index is 12.2. The van der Waals surface area contributed by atoms with E-state index in [0.29, 0.717) is 11.3 Å². The second kappa shape index (κ2) is 4.97. The van der Waals surface area contributed by atoms with E-state index >= 15 is 0 Å². The number of anilines is 1. The van der Waals surface area contributed by atoms with Crippen molar-refractivity contribution in [2.75, 3.05) is 11.9 Å². The predicted molar refractivity (Wildman–Crippen MR) is 72.1 cm³/mol. The zero-order valence-corrected chi connectivity index (χ0v) is 11.0. The van der Waals surface area contributed by atoms with Crippen LogP contribution in [-0.4, -0.2) is 22.9 Å². The van der Waals surface area contributed by atoms with E-state index in [-0.39, 0.29) is 11.6 Å². The van der Waals surface area contributed by atoms with Crippen LogP contribution in [0.25, 0.3) is 0 Å². The first-order chi connectivity index (χ1) is 8.94. The van der Waals surface area contributed by atoms with Gasteiger partial charge in [-0.15, -0.1) is 0 Å². The standard InChI is InChI=1S/C13H17N3O3/c1-9-10(5-3-6-11(9)16(18)19)15-12(17)13(2)7-4-8-14-13/h3,5-6,14H,4,7-8H2,1-2H3,(H,15,17). The molecule has 1 aromatic rings. The summed E-state index contributed by atoms with van der Waals surface area (Å²) in [7, 11) is 0. The third-order valence-corrected chi connectivity index (χ3v) is 3.62. The van der Waals surface area contributed by atoms with Gasteiger partial charge in [0.05, 0.1) is 21.7 Å². The van der Waals surface area contributed by atoms with E-state index < -0.39 is 10.5 Å². The van der Waals surface area contributed by atoms with Crippen molar-refractivity contribution in [1.82, 2.24) is 5.32 Å². The molecule has 0 radical (unpaired) electrons. The van der Waals surface area contributed by atoms with Crippen molar-refractivity contribution < 1.29 is 9.72 Å². The Morgan fingerprint density at radius 1 is 1.53 bits per heavy atom. The molecule has 0 aromatic heterocycles. The number of carbonyl (C=O) groups is 1. The lowest BCUT2D eigenvalue weighted by Gasteiger charge is -2.23. The van der Waals surface area contributed by atoms with Crippen molar-refractivity contribution >= 4 is 17.3 Å². The molecule has 102 valence electrons. The molecule has 1 fully saturated rings. The summed E-state index contributed by atoms with van der Waals surface area (Å²) in [6.07, 6.45) is 1.73. The van der Waals surface area contributed by atoms with Gasteiger partial charge < -0.3 is 10.6 Å². The highest BCUT2D eigenvalue weighted by molar-refractivity contribution is 5.98. The van der Waals surface area contributed by atoms with E-state index in [2.05, 4.69) is 10.6 Å². The number of benzene rings is 1. The summed E-state index contributed by atoms with van der Waals surface area (Å²) < 4.78 is 0. The zero-order valence-electron chi connectivity index (χ0n) is 11.0. The number of nitrogens with one attached hydrogen (secondary N) is 2. The Balaban J connectivity index is 2.22. The van der Waals surface area contributed by atoms with Gasteiger partial charge in [-0.3, -0.25) is 14.9 Å². The normalized spacial score (nSPS) is 22.2. The third-order valence-electron chi connectivity index (χ3n) is 3.62. The number of rotatable bonds is 3. The van der Waals surface area contributed by atoms with Gasteiger partial charge in [0.2, 0.25) is 5.91 Å². The fourth-order valence-corrected chi connectivity index (χ4v) is 2.31. The van der Waals surface area contributed by atoms with Crippen molar-refractivity contribution in [3.63, 3.8) is 0 Å². The van der Waals surface area contributed by atoms with Gasteiger partial charge in [0.1, 0.15) is 0 Å². The van der Waals surface area contributed by atoms with E-state index in [4.69, 9.17) is 0 Å². The quantitative estimate of drug-likeness (QED) is 0.645. The molecule has 1 aliphatic heterocycles. The Hall–Kier alpha value is -1.95. The topological polar surface area (TPSA) is 84.3 Å². The molecule has 1 atom stereocenters. The number of nitro benzene ring substituents is 1. The van der Waals surface area contributed by atoms with E-state index in [1.807, 2.05) is 6.92 Å². The number of carbonyl (C=O) groups excluding carboxylic acids is 1. The maximum atomic E-state index is 12.2. The monoisotopic (exact) mass is 263 g/mol. The summed E-state index contributed by atoms with van der Waals surface area (Å²) in [5.41, 5.74) is 0.399. The van der Waals surface area contributed by atoms with Crippen LogP contribution in [0.3, 0.4) is 0 Å². The molecule has 1 amide bonds. The van der Waals surface area contributed by atoms with Crippen LogP contribution in [0.1, 0.15) is 25.3 Å². The zero-order chi connectivity index (χ0) is 14.0. The van der Waals surface area contributed by atoms with Crippen LogP contribution < -0.4 is 10.6 Å². The molecule has 1 saturated heterocycles. The number of amides is 1. The molecule has 6 nitrogen and oxygen atoms in total. The second-order valence-corrected chi connectivity index (χ2v) is 5.02. The molecule has 1 heterocycles. The summed E-state index contributed by atoms with van der Waals surface area (Å²) in [4.78, 5) is 22.6. The van der Waals surface area contributed by atoms with Crippen molar-refractivity contribution in [1.29, 1.82) is 0 Å². The number of nitrogens with zero attached hydrogens (tertiary/aromatic N) is 1. The number of nitro groups is 1. The van der Waals surface area contributed by atoms with Gasteiger partial charge in [-0.05, 0) is 39.3 Å². The Morgan fingerprint density at radius 3 is 2.84 bits per heavy atom. The fraction of sp³-hybridized carbons (Fsp3) is 0.462. The summed E-state index contributed by atoms with van der Waals surface area (Å²) in [5.74, 6) is -0.145. The van der Waals surface area contributed by atoms with Crippen LogP contribution in [0.15, 0.2) is 18.2 Å². The van der Waals surface area contributed by atoms with Gasteiger partial charge in [0.15, 0.2) is 0 Å². The molecule has 6 heteroatoms. The third kappa shape index (κ3) is 2.58. The van der Waals surface area contributed by atoms with Crippen LogP contribution in [0.2, 0.25) is 0 Å². The largest absolute Gasteiger partial charge is 0.324 e. The molecule has 0 aliphatic carbocycles. The molecule has 1 aliphatic rings. The van der Waals surface area contributed by atoms with Crippen molar-refractivity contribution in [2.45, 2.75) is 32.2 Å². The average molecular weight is 263 g/mol. The van der Waals surface area contributed by atoms with Crippen LogP contribution in [0.5, 0.6) is 0 Å². The maximum Gasteiger partial charge on any atom is 0.274 e. The Kier molecular flexibility index (Phi) is 3.53. The molecule has 0 bridgehead atoms. The SMILES string of the molecule is Cc1c(NC(=O)C2(C)CCCN2)cccc1[N+](=O)[O-]. The Bertz CT molecular complexity index is 522. The molecule has 1 aromatic carbocycles. The molecule has 2 N–H and O–H groups in total. The highest BCUT2D eigenvalue weighted by Gasteiger charge is 2.36. The van der Waals surface area contributed by atoms with E-state index in [9.17, 15) is 14.9 Å². The molecule has 19 heavy (non-hydrogen) atoms. The van der Waals surface area contributed by atoms with Gasteiger partial charge in [-0.2, -0.15) is 0 Å². The fourth-order valence-electron chi connectivity index (χ4n) is 2.31. The minimum Gasteiger partial charge on any atom is -0.324 e.